The van der Waals surface area contributed by atoms with Gasteiger partial charge in [0.15, 0.2) is 0 Å². The molecule has 36 heavy (non-hydrogen) atoms. The van der Waals surface area contributed by atoms with Crippen LogP contribution in [0.3, 0.4) is 0 Å². The molecule has 0 aliphatic carbocycles. The molecular weight excluding hydrogens is 436 g/mol. The number of imidazole rings is 1. The van der Waals surface area contributed by atoms with Crippen molar-refractivity contribution in [3.05, 3.63) is 48.5 Å². The number of hydrogen-bond donors (Lipinski definition) is 0. The van der Waals surface area contributed by atoms with Crippen molar-refractivity contribution >= 4 is 0 Å². The molecule has 0 unspecified atom stereocenters. The van der Waals surface area contributed by atoms with E-state index < -0.39 is 0 Å². The molecule has 2 aromatic rings. The molecule has 0 amide bonds. The predicted octanol–water partition coefficient (Wildman–Crippen LogP) is 10.5. The van der Waals surface area contributed by atoms with Crippen LogP contribution in [0.15, 0.2) is 42.7 Å². The van der Waals surface area contributed by atoms with Gasteiger partial charge in [-0.1, -0.05) is 148 Å². The van der Waals surface area contributed by atoms with E-state index in [1.807, 2.05) is 0 Å². The number of rotatable bonds is 24. The molecule has 204 valence electrons. The van der Waals surface area contributed by atoms with E-state index in [9.17, 15) is 0 Å². The zero-order valence-electron chi connectivity index (χ0n) is 24.2. The summed E-state index contributed by atoms with van der Waals surface area (Å²) in [5.74, 6) is 1.49. The molecule has 0 spiro atoms. The van der Waals surface area contributed by atoms with Crippen molar-refractivity contribution < 1.29 is 4.57 Å². The lowest BCUT2D eigenvalue weighted by Gasteiger charge is -2.07. The van der Waals surface area contributed by atoms with Crippen LogP contribution in [0.25, 0.3) is 5.69 Å². The third kappa shape index (κ3) is 13.7. The van der Waals surface area contributed by atoms with Crippen molar-refractivity contribution in [3.63, 3.8) is 0 Å². The maximum atomic E-state index is 2.55. The van der Waals surface area contributed by atoms with Crippen LogP contribution in [-0.4, -0.2) is 4.57 Å². The Balaban J connectivity index is 1.66. The van der Waals surface area contributed by atoms with E-state index in [-0.39, 0.29) is 0 Å². The minimum absolute atomic E-state index is 1.17. The summed E-state index contributed by atoms with van der Waals surface area (Å²) in [5.41, 5.74) is 1.30. The number of aromatic nitrogens is 2. The molecule has 0 aliphatic heterocycles. The van der Waals surface area contributed by atoms with Crippen molar-refractivity contribution in [1.29, 1.82) is 0 Å². The van der Waals surface area contributed by atoms with Gasteiger partial charge in [-0.25, -0.2) is 4.57 Å². The molecule has 0 aliphatic rings. The zero-order valence-corrected chi connectivity index (χ0v) is 24.2. The first-order chi connectivity index (χ1) is 17.9. The average Bonchev–Trinajstić information content (AvgIpc) is 3.31. The van der Waals surface area contributed by atoms with Gasteiger partial charge >= 0.3 is 0 Å². The number of para-hydroxylation sites is 1. The van der Waals surface area contributed by atoms with Crippen LogP contribution in [0.4, 0.5) is 0 Å². The summed E-state index contributed by atoms with van der Waals surface area (Å²) in [4.78, 5) is 0. The van der Waals surface area contributed by atoms with Crippen molar-refractivity contribution in [2.45, 2.75) is 162 Å². The third-order valence-electron chi connectivity index (χ3n) is 7.80. The highest BCUT2D eigenvalue weighted by Gasteiger charge is 2.18. The highest BCUT2D eigenvalue weighted by molar-refractivity contribution is 5.31. The monoisotopic (exact) mass is 495 g/mol. The number of unbranched alkanes of at least 4 members (excludes halogenated alkanes) is 19. The number of nitrogens with zero attached hydrogens (tertiary/aromatic N) is 2. The Morgan fingerprint density at radius 2 is 0.972 bits per heavy atom. The molecule has 0 saturated heterocycles. The molecule has 0 saturated carbocycles. The van der Waals surface area contributed by atoms with E-state index in [0.29, 0.717) is 0 Å². The standard InChI is InChI=1S/C34H59N2/c1-3-5-7-9-11-13-14-15-16-17-18-20-25-29-34-35(30-26-21-19-12-10-8-6-4-2)31-32-36(34)33-27-23-22-24-28-33/h22-24,27-28,31-32H,3-21,25-26,29-30H2,1-2H3/q+1. The smallest absolute Gasteiger partial charge is 0.234 e. The molecule has 2 nitrogen and oxygen atoms in total. The lowest BCUT2D eigenvalue weighted by Crippen LogP contribution is -2.37. The summed E-state index contributed by atoms with van der Waals surface area (Å²) in [6.45, 7) is 5.77. The summed E-state index contributed by atoms with van der Waals surface area (Å²) < 4.78 is 4.98. The Morgan fingerprint density at radius 1 is 0.528 bits per heavy atom. The third-order valence-corrected chi connectivity index (χ3v) is 7.80. The number of benzene rings is 1. The van der Waals surface area contributed by atoms with Crippen molar-refractivity contribution in [1.82, 2.24) is 4.57 Å². The Kier molecular flexibility index (Phi) is 18.3. The van der Waals surface area contributed by atoms with Crippen LogP contribution >= 0.6 is 0 Å². The van der Waals surface area contributed by atoms with Gasteiger partial charge < -0.3 is 0 Å². The average molecular weight is 496 g/mol. The normalized spacial score (nSPS) is 11.4. The van der Waals surface area contributed by atoms with Crippen LogP contribution in [-0.2, 0) is 13.0 Å². The maximum Gasteiger partial charge on any atom is 0.261 e. The van der Waals surface area contributed by atoms with Gasteiger partial charge in [0.2, 0.25) is 0 Å². The molecule has 0 bridgehead atoms. The Labute approximate surface area is 224 Å². The van der Waals surface area contributed by atoms with E-state index in [1.165, 1.54) is 159 Å². The Bertz CT molecular complexity index is 733. The molecule has 2 heteroatoms. The van der Waals surface area contributed by atoms with E-state index in [2.05, 4.69) is 65.7 Å². The van der Waals surface area contributed by atoms with Crippen LogP contribution < -0.4 is 4.57 Å². The van der Waals surface area contributed by atoms with Crippen LogP contribution in [0.5, 0.6) is 0 Å². The highest BCUT2D eigenvalue weighted by atomic mass is 15.1. The van der Waals surface area contributed by atoms with Crippen LogP contribution in [0.1, 0.15) is 155 Å². The largest absolute Gasteiger partial charge is 0.261 e. The first-order valence-electron chi connectivity index (χ1n) is 16.0. The van der Waals surface area contributed by atoms with Gasteiger partial charge in [0.1, 0.15) is 18.1 Å². The summed E-state index contributed by atoms with van der Waals surface area (Å²) in [7, 11) is 0. The van der Waals surface area contributed by atoms with E-state index in [1.54, 1.807) is 0 Å². The molecule has 2 rings (SSSR count). The second-order valence-corrected chi connectivity index (χ2v) is 11.1. The molecule has 0 radical (unpaired) electrons. The lowest BCUT2D eigenvalue weighted by molar-refractivity contribution is -0.704. The fourth-order valence-electron chi connectivity index (χ4n) is 5.47. The molecule has 1 aromatic heterocycles. The quantitative estimate of drug-likeness (QED) is 0.101. The van der Waals surface area contributed by atoms with Gasteiger partial charge in [0.05, 0.1) is 6.54 Å². The number of aryl methyl sites for hydroxylation is 1. The fourth-order valence-corrected chi connectivity index (χ4v) is 5.47. The molecular formula is C34H59N2+. The van der Waals surface area contributed by atoms with Gasteiger partial charge in [0.25, 0.3) is 5.82 Å². The van der Waals surface area contributed by atoms with E-state index in [4.69, 9.17) is 0 Å². The minimum Gasteiger partial charge on any atom is -0.234 e. The second-order valence-electron chi connectivity index (χ2n) is 11.1. The minimum atomic E-state index is 1.17. The summed E-state index contributed by atoms with van der Waals surface area (Å²) in [6, 6.07) is 10.9. The van der Waals surface area contributed by atoms with Gasteiger partial charge in [-0.3, -0.25) is 0 Å². The van der Waals surface area contributed by atoms with Crippen LogP contribution in [0.2, 0.25) is 0 Å². The maximum absolute atomic E-state index is 2.55. The van der Waals surface area contributed by atoms with Crippen molar-refractivity contribution in [2.24, 2.45) is 0 Å². The lowest BCUT2D eigenvalue weighted by atomic mass is 10.0. The summed E-state index contributed by atoms with van der Waals surface area (Å²) in [6.07, 6.45) is 35.4. The zero-order chi connectivity index (χ0) is 25.5. The summed E-state index contributed by atoms with van der Waals surface area (Å²) in [5, 5.41) is 0. The first-order valence-corrected chi connectivity index (χ1v) is 16.0. The molecule has 1 heterocycles. The molecule has 0 N–H and O–H groups in total. The highest BCUT2D eigenvalue weighted by Crippen LogP contribution is 2.16. The fraction of sp³-hybridized carbons (Fsp3) is 0.735. The van der Waals surface area contributed by atoms with E-state index >= 15 is 0 Å². The van der Waals surface area contributed by atoms with Crippen molar-refractivity contribution in [2.75, 3.05) is 0 Å². The molecule has 1 aromatic carbocycles. The van der Waals surface area contributed by atoms with Gasteiger partial charge in [-0.15, -0.1) is 0 Å². The van der Waals surface area contributed by atoms with Crippen LogP contribution in [0, 0.1) is 0 Å². The topological polar surface area (TPSA) is 8.81 Å². The Morgan fingerprint density at radius 3 is 1.47 bits per heavy atom. The summed E-state index contributed by atoms with van der Waals surface area (Å²) >= 11 is 0. The number of hydrogen-bond acceptors (Lipinski definition) is 0. The molecule has 0 fully saturated rings. The first kappa shape index (κ1) is 30.7. The van der Waals surface area contributed by atoms with Gasteiger partial charge in [0, 0.05) is 6.42 Å². The predicted molar refractivity (Wildman–Crippen MR) is 158 cm³/mol. The SMILES string of the molecule is CCCCCCCCCCCCCCCc1n(-c2ccccc2)cc[n+]1CCCCCCCCCC. The van der Waals surface area contributed by atoms with Gasteiger partial charge in [-0.05, 0) is 31.4 Å². The molecule has 0 atom stereocenters. The van der Waals surface area contributed by atoms with E-state index in [0.717, 1.165) is 0 Å². The Hall–Kier alpha value is -1.57. The van der Waals surface area contributed by atoms with Crippen molar-refractivity contribution in [3.8, 4) is 5.69 Å². The van der Waals surface area contributed by atoms with Gasteiger partial charge in [-0.2, -0.15) is 4.57 Å². The second kappa shape index (κ2) is 21.5.